The van der Waals surface area contributed by atoms with Gasteiger partial charge in [0.25, 0.3) is 5.91 Å². The van der Waals surface area contributed by atoms with Crippen molar-refractivity contribution in [2.75, 3.05) is 54.6 Å². The Hall–Kier alpha value is -3.33. The van der Waals surface area contributed by atoms with Crippen molar-refractivity contribution in [3.63, 3.8) is 0 Å². The van der Waals surface area contributed by atoms with E-state index < -0.39 is 5.97 Å². The number of halogens is 1. The van der Waals surface area contributed by atoms with Crippen molar-refractivity contribution in [3.8, 4) is 11.5 Å². The van der Waals surface area contributed by atoms with Crippen LogP contribution >= 0.6 is 12.4 Å². The number of nitrogens with zero attached hydrogens (tertiary/aromatic N) is 2. The zero-order chi connectivity index (χ0) is 25.4. The average molecular weight is 516 g/mol. The van der Waals surface area contributed by atoms with Gasteiger partial charge in [-0.05, 0) is 48.9 Å². The highest BCUT2D eigenvalue weighted by atomic mass is 35.5. The van der Waals surface area contributed by atoms with Crippen molar-refractivity contribution in [1.29, 1.82) is 0 Å². The Balaban J connectivity index is 0.00000456. The SMILES string of the molecule is COC(=O)C(C(=Cc1ccccc1)C(=O)NN1CCN(C)CC1)=C(C)c1cc(OC)cc(OC)c1.Cl. The molecule has 8 nitrogen and oxygen atoms in total. The van der Waals surface area contributed by atoms with Gasteiger partial charge in [0.15, 0.2) is 0 Å². The van der Waals surface area contributed by atoms with Gasteiger partial charge in [0.2, 0.25) is 0 Å². The molecule has 1 heterocycles. The van der Waals surface area contributed by atoms with Crippen molar-refractivity contribution in [1.82, 2.24) is 15.3 Å². The van der Waals surface area contributed by atoms with E-state index in [9.17, 15) is 9.59 Å². The molecule has 2 aromatic rings. The second-order valence-corrected chi connectivity index (χ2v) is 8.29. The number of amides is 1. The van der Waals surface area contributed by atoms with Gasteiger partial charge in [0.1, 0.15) is 11.5 Å². The topological polar surface area (TPSA) is 80.3 Å². The normalized spacial score (nSPS) is 15.3. The number of hydrazine groups is 1. The van der Waals surface area contributed by atoms with E-state index in [1.165, 1.54) is 7.11 Å². The number of piperazine rings is 1. The number of carbonyl (C=O) groups is 2. The predicted molar refractivity (Wildman–Crippen MR) is 143 cm³/mol. The van der Waals surface area contributed by atoms with Gasteiger partial charge in [-0.3, -0.25) is 10.2 Å². The molecule has 1 aliphatic heterocycles. The average Bonchev–Trinajstić information content (AvgIpc) is 2.89. The zero-order valence-corrected chi connectivity index (χ0v) is 22.2. The summed E-state index contributed by atoms with van der Waals surface area (Å²) in [6.07, 6.45) is 1.71. The Morgan fingerprint density at radius 2 is 1.50 bits per heavy atom. The first-order valence-electron chi connectivity index (χ1n) is 11.4. The van der Waals surface area contributed by atoms with Crippen LogP contribution in [0.5, 0.6) is 11.5 Å². The lowest BCUT2D eigenvalue weighted by Gasteiger charge is -2.32. The smallest absolute Gasteiger partial charge is 0.338 e. The van der Waals surface area contributed by atoms with Crippen molar-refractivity contribution in [2.45, 2.75) is 6.92 Å². The third-order valence-electron chi connectivity index (χ3n) is 5.94. The molecule has 1 N–H and O–H groups in total. The van der Waals surface area contributed by atoms with Crippen LogP contribution in [0.25, 0.3) is 11.6 Å². The fourth-order valence-corrected chi connectivity index (χ4v) is 3.82. The molecule has 0 atom stereocenters. The standard InChI is InChI=1S/C27H33N3O5.ClH/c1-19(21-16-22(33-3)18-23(17-21)34-4)25(27(32)35-5)24(15-20-9-7-6-8-10-20)26(31)28-30-13-11-29(2)12-14-30;/h6-10,15-18H,11-14H2,1-5H3,(H,28,31);1H. The first-order valence-corrected chi connectivity index (χ1v) is 11.4. The second kappa shape index (κ2) is 13.7. The van der Waals surface area contributed by atoms with Crippen LogP contribution in [0.2, 0.25) is 0 Å². The summed E-state index contributed by atoms with van der Waals surface area (Å²) in [5.74, 6) is 0.143. The molecule has 0 unspecified atom stereocenters. The highest BCUT2D eigenvalue weighted by Gasteiger charge is 2.27. The van der Waals surface area contributed by atoms with Gasteiger partial charge in [0, 0.05) is 32.2 Å². The lowest BCUT2D eigenvalue weighted by molar-refractivity contribution is -0.136. The molecule has 194 valence electrons. The van der Waals surface area contributed by atoms with E-state index >= 15 is 0 Å². The first kappa shape index (κ1) is 28.9. The van der Waals surface area contributed by atoms with Gasteiger partial charge >= 0.3 is 5.97 Å². The van der Waals surface area contributed by atoms with E-state index in [0.717, 1.165) is 18.7 Å². The number of hydrogen-bond acceptors (Lipinski definition) is 7. The third kappa shape index (κ3) is 7.34. The van der Waals surface area contributed by atoms with Gasteiger partial charge < -0.3 is 19.1 Å². The molecule has 9 heteroatoms. The number of rotatable bonds is 8. The van der Waals surface area contributed by atoms with Crippen LogP contribution in [0.1, 0.15) is 18.1 Å². The number of hydrogen-bond donors (Lipinski definition) is 1. The van der Waals surface area contributed by atoms with Gasteiger partial charge in [-0.25, -0.2) is 9.80 Å². The maximum Gasteiger partial charge on any atom is 0.338 e. The Kier molecular flexibility index (Phi) is 11.0. The molecule has 1 amide bonds. The number of likely N-dealkylation sites (N-methyl/N-ethyl adjacent to an activating group) is 1. The summed E-state index contributed by atoms with van der Waals surface area (Å²) >= 11 is 0. The molecule has 3 rings (SSSR count). The highest BCUT2D eigenvalue weighted by molar-refractivity contribution is 6.16. The monoisotopic (exact) mass is 515 g/mol. The van der Waals surface area contributed by atoms with E-state index in [2.05, 4.69) is 10.3 Å². The van der Waals surface area contributed by atoms with Crippen LogP contribution in [0.15, 0.2) is 59.7 Å². The fourth-order valence-electron chi connectivity index (χ4n) is 3.82. The molecule has 36 heavy (non-hydrogen) atoms. The molecular formula is C27H34ClN3O5. The van der Waals surface area contributed by atoms with Crippen molar-refractivity contribution >= 4 is 35.9 Å². The van der Waals surface area contributed by atoms with Gasteiger partial charge in [0.05, 0.1) is 32.5 Å². The molecule has 1 fully saturated rings. The second-order valence-electron chi connectivity index (χ2n) is 8.29. The maximum absolute atomic E-state index is 13.6. The van der Waals surface area contributed by atoms with Crippen molar-refractivity contribution < 1.29 is 23.8 Å². The van der Waals surface area contributed by atoms with E-state index in [1.807, 2.05) is 42.4 Å². The predicted octanol–water partition coefficient (Wildman–Crippen LogP) is 3.43. The number of allylic oxidation sites excluding steroid dienone is 1. The molecule has 0 bridgehead atoms. The van der Waals surface area contributed by atoms with Gasteiger partial charge in [-0.1, -0.05) is 30.3 Å². The largest absolute Gasteiger partial charge is 0.497 e. The molecule has 0 aliphatic carbocycles. The number of esters is 1. The first-order chi connectivity index (χ1) is 16.9. The molecule has 2 aromatic carbocycles. The van der Waals surface area contributed by atoms with Crippen LogP contribution in [0, 0.1) is 0 Å². The molecule has 0 aromatic heterocycles. The lowest BCUT2D eigenvalue weighted by atomic mass is 9.93. The maximum atomic E-state index is 13.6. The molecular weight excluding hydrogens is 482 g/mol. The summed E-state index contributed by atoms with van der Waals surface area (Å²) in [6, 6.07) is 14.7. The summed E-state index contributed by atoms with van der Waals surface area (Å²) in [5, 5.41) is 1.87. The van der Waals surface area contributed by atoms with Crippen LogP contribution in [-0.4, -0.2) is 76.3 Å². The van der Waals surface area contributed by atoms with E-state index in [4.69, 9.17) is 14.2 Å². The van der Waals surface area contributed by atoms with Crippen LogP contribution in [0.3, 0.4) is 0 Å². The van der Waals surface area contributed by atoms with Crippen LogP contribution in [0.4, 0.5) is 0 Å². The van der Waals surface area contributed by atoms with Crippen LogP contribution < -0.4 is 14.9 Å². The Morgan fingerprint density at radius 1 is 0.917 bits per heavy atom. The quantitative estimate of drug-likeness (QED) is 0.328. The molecule has 1 aliphatic rings. The summed E-state index contributed by atoms with van der Waals surface area (Å²) in [7, 11) is 6.47. The summed E-state index contributed by atoms with van der Waals surface area (Å²) in [4.78, 5) is 28.9. The zero-order valence-electron chi connectivity index (χ0n) is 21.4. The fraction of sp³-hybridized carbons (Fsp3) is 0.333. The molecule has 1 saturated heterocycles. The molecule has 0 saturated carbocycles. The number of nitrogens with one attached hydrogen (secondary N) is 1. The van der Waals surface area contributed by atoms with Gasteiger partial charge in [-0.15, -0.1) is 12.4 Å². The minimum Gasteiger partial charge on any atom is -0.497 e. The Labute approximate surface area is 218 Å². The van der Waals surface area contributed by atoms with Crippen LogP contribution in [-0.2, 0) is 14.3 Å². The number of ether oxygens (including phenoxy) is 3. The highest BCUT2D eigenvalue weighted by Crippen LogP contribution is 2.32. The minimum atomic E-state index is -0.611. The van der Waals surface area contributed by atoms with Crippen molar-refractivity contribution in [3.05, 3.63) is 70.8 Å². The molecule has 0 spiro atoms. The minimum absolute atomic E-state index is 0. The Bertz CT molecular complexity index is 1090. The number of methoxy groups -OCH3 is 3. The van der Waals surface area contributed by atoms with Crippen molar-refractivity contribution in [2.24, 2.45) is 0 Å². The number of benzene rings is 2. The molecule has 0 radical (unpaired) electrons. The van der Waals surface area contributed by atoms with E-state index in [-0.39, 0.29) is 29.5 Å². The van der Waals surface area contributed by atoms with Gasteiger partial charge in [-0.2, -0.15) is 0 Å². The third-order valence-corrected chi connectivity index (χ3v) is 5.94. The van der Waals surface area contributed by atoms with E-state index in [0.29, 0.717) is 35.7 Å². The lowest BCUT2D eigenvalue weighted by Crippen LogP contribution is -2.53. The Morgan fingerprint density at radius 3 is 2.03 bits per heavy atom. The van der Waals surface area contributed by atoms with E-state index in [1.54, 1.807) is 45.4 Å². The summed E-state index contributed by atoms with van der Waals surface area (Å²) < 4.78 is 15.9. The summed E-state index contributed by atoms with van der Waals surface area (Å²) in [5.41, 5.74) is 5.37. The number of carbonyl (C=O) groups excluding carboxylic acids is 2. The summed E-state index contributed by atoms with van der Waals surface area (Å²) in [6.45, 7) is 4.82.